The Morgan fingerprint density at radius 3 is 2.10 bits per heavy atom. The van der Waals surface area contributed by atoms with Crippen molar-refractivity contribution in [2.45, 2.75) is 32.2 Å². The third-order valence-electron chi connectivity index (χ3n) is 9.72. The molecule has 1 N–H and O–H groups in total. The lowest BCUT2D eigenvalue weighted by Crippen LogP contribution is -2.17. The lowest BCUT2D eigenvalue weighted by Gasteiger charge is -2.21. The maximum atomic E-state index is 11.0. The molecule has 242 valence electrons. The SMILES string of the molecule is CC(C)(C)c1ccc([N+]2=CC(c3ccccc3)N=C2c2cccc3c2nc2n(-c4ccccc4O)c4ccccc4n32)c(-c2ccccc2)c1. The molecule has 0 bridgehead atoms. The number of phenolic OH excluding ortho intramolecular Hbond substituents is 1. The molecule has 3 heterocycles. The van der Waals surface area contributed by atoms with E-state index in [4.69, 9.17) is 9.98 Å². The molecular weight excluding hydrogens is 615 g/mol. The molecule has 1 atom stereocenters. The zero-order valence-electron chi connectivity index (χ0n) is 28.2. The first-order chi connectivity index (χ1) is 24.4. The van der Waals surface area contributed by atoms with Crippen molar-refractivity contribution < 1.29 is 9.68 Å². The summed E-state index contributed by atoms with van der Waals surface area (Å²) in [6.07, 6.45) is 2.23. The fourth-order valence-electron chi connectivity index (χ4n) is 7.20. The summed E-state index contributed by atoms with van der Waals surface area (Å²) in [5, 5.41) is 11.0. The predicted octanol–water partition coefficient (Wildman–Crippen LogP) is 10.0. The molecule has 1 unspecified atom stereocenters. The second-order valence-corrected chi connectivity index (χ2v) is 13.9. The first-order valence-electron chi connectivity index (χ1n) is 17.0. The van der Waals surface area contributed by atoms with Gasteiger partial charge in [-0.25, -0.2) is 4.98 Å². The second kappa shape index (κ2) is 11.4. The normalized spacial score (nSPS) is 14.8. The number of aromatic nitrogens is 3. The highest BCUT2D eigenvalue weighted by molar-refractivity contribution is 6.09. The van der Waals surface area contributed by atoms with Gasteiger partial charge >= 0.3 is 5.84 Å². The molecule has 50 heavy (non-hydrogen) atoms. The van der Waals surface area contributed by atoms with E-state index < -0.39 is 0 Å². The van der Waals surface area contributed by atoms with Crippen molar-refractivity contribution in [3.8, 4) is 22.6 Å². The highest BCUT2D eigenvalue weighted by atomic mass is 16.3. The summed E-state index contributed by atoms with van der Waals surface area (Å²) < 4.78 is 6.49. The molecule has 8 aromatic rings. The number of rotatable bonds is 5. The number of hydrogen-bond donors (Lipinski definition) is 1. The van der Waals surface area contributed by atoms with Crippen molar-refractivity contribution in [1.82, 2.24) is 14.0 Å². The van der Waals surface area contributed by atoms with Crippen LogP contribution in [0, 0.1) is 0 Å². The number of nitrogens with zero attached hydrogens (tertiary/aromatic N) is 5. The number of hydrogen-bond acceptors (Lipinski definition) is 3. The molecule has 0 saturated heterocycles. The molecule has 9 rings (SSSR count). The number of aromatic hydroxyl groups is 1. The molecule has 2 aromatic heterocycles. The minimum atomic E-state index is -0.180. The zero-order valence-corrected chi connectivity index (χ0v) is 28.2. The third-order valence-corrected chi connectivity index (χ3v) is 9.72. The van der Waals surface area contributed by atoms with Crippen LogP contribution < -0.4 is 0 Å². The van der Waals surface area contributed by atoms with Crippen molar-refractivity contribution in [1.29, 1.82) is 0 Å². The van der Waals surface area contributed by atoms with E-state index in [1.807, 2.05) is 41.0 Å². The maximum Gasteiger partial charge on any atom is 0.333 e. The number of fused-ring (bicyclic) bond motifs is 5. The highest BCUT2D eigenvalue weighted by Crippen LogP contribution is 2.39. The lowest BCUT2D eigenvalue weighted by atomic mass is 9.85. The Kier molecular flexibility index (Phi) is 6.81. The summed E-state index contributed by atoms with van der Waals surface area (Å²) in [5.41, 5.74) is 11.1. The summed E-state index contributed by atoms with van der Waals surface area (Å²) in [6.45, 7) is 6.77. The predicted molar refractivity (Wildman–Crippen MR) is 203 cm³/mol. The quantitative estimate of drug-likeness (QED) is 0.189. The van der Waals surface area contributed by atoms with Gasteiger partial charge < -0.3 is 5.11 Å². The van der Waals surface area contributed by atoms with Gasteiger partial charge in [-0.15, -0.1) is 0 Å². The second-order valence-electron chi connectivity index (χ2n) is 13.9. The Balaban J connectivity index is 1.31. The molecule has 0 radical (unpaired) electrons. The fourth-order valence-corrected chi connectivity index (χ4v) is 7.20. The van der Waals surface area contributed by atoms with E-state index in [0.717, 1.165) is 61.6 Å². The van der Waals surface area contributed by atoms with E-state index in [9.17, 15) is 5.11 Å². The Morgan fingerprint density at radius 1 is 0.660 bits per heavy atom. The first-order valence-corrected chi connectivity index (χ1v) is 17.0. The molecule has 1 aliphatic heterocycles. The maximum absolute atomic E-state index is 11.0. The topological polar surface area (TPSA) is 57.8 Å². The molecule has 0 amide bonds. The van der Waals surface area contributed by atoms with Crippen LogP contribution in [0.25, 0.3) is 44.7 Å². The highest BCUT2D eigenvalue weighted by Gasteiger charge is 2.36. The molecule has 6 heteroatoms. The van der Waals surface area contributed by atoms with E-state index in [1.165, 1.54) is 5.56 Å². The van der Waals surface area contributed by atoms with Gasteiger partial charge in [0.2, 0.25) is 11.8 Å². The van der Waals surface area contributed by atoms with Gasteiger partial charge in [0.1, 0.15) is 23.2 Å². The largest absolute Gasteiger partial charge is 0.506 e. The number of imidazole rings is 2. The van der Waals surface area contributed by atoms with Gasteiger partial charge in [0, 0.05) is 11.1 Å². The monoisotopic (exact) mass is 650 g/mol. The summed E-state index contributed by atoms with van der Waals surface area (Å²) in [4.78, 5) is 10.8. The Morgan fingerprint density at radius 2 is 1.34 bits per heavy atom. The molecule has 6 aromatic carbocycles. The first kappa shape index (κ1) is 29.8. The van der Waals surface area contributed by atoms with E-state index in [2.05, 4.69) is 139 Å². The Bertz CT molecular complexity index is 2640. The van der Waals surface area contributed by atoms with E-state index >= 15 is 0 Å². The van der Waals surface area contributed by atoms with Crippen LogP contribution in [-0.2, 0) is 5.41 Å². The van der Waals surface area contributed by atoms with Crippen LogP contribution in [0.1, 0.15) is 43.5 Å². The average molecular weight is 651 g/mol. The minimum absolute atomic E-state index is 0.0157. The van der Waals surface area contributed by atoms with Crippen LogP contribution in [0.4, 0.5) is 5.69 Å². The molecule has 0 aliphatic carbocycles. The summed E-state index contributed by atoms with van der Waals surface area (Å²) >= 11 is 0. The zero-order chi connectivity index (χ0) is 34.0. The van der Waals surface area contributed by atoms with Gasteiger partial charge in [-0.05, 0) is 65.1 Å². The lowest BCUT2D eigenvalue weighted by molar-refractivity contribution is -0.294. The molecular formula is C44H36N5O+. The van der Waals surface area contributed by atoms with Crippen molar-refractivity contribution in [2.75, 3.05) is 0 Å². The van der Waals surface area contributed by atoms with E-state index in [0.29, 0.717) is 5.69 Å². The summed E-state index contributed by atoms with van der Waals surface area (Å²) in [7, 11) is 0. The molecule has 6 nitrogen and oxygen atoms in total. The van der Waals surface area contributed by atoms with Gasteiger partial charge in [-0.1, -0.05) is 123 Å². The van der Waals surface area contributed by atoms with Crippen LogP contribution in [0.15, 0.2) is 151 Å². The fraction of sp³-hybridized carbons (Fsp3) is 0.114. The van der Waals surface area contributed by atoms with Gasteiger partial charge in [-0.3, -0.25) is 8.97 Å². The van der Waals surface area contributed by atoms with Crippen molar-refractivity contribution >= 4 is 45.6 Å². The van der Waals surface area contributed by atoms with Crippen LogP contribution in [0.5, 0.6) is 5.75 Å². The molecule has 0 saturated carbocycles. The van der Waals surface area contributed by atoms with Gasteiger partial charge in [-0.2, -0.15) is 4.58 Å². The van der Waals surface area contributed by atoms with E-state index in [1.54, 1.807) is 6.07 Å². The number of amidine groups is 1. The van der Waals surface area contributed by atoms with Crippen LogP contribution in [0.2, 0.25) is 0 Å². The van der Waals surface area contributed by atoms with Gasteiger partial charge in [0.05, 0.1) is 27.8 Å². The number of benzene rings is 6. The van der Waals surface area contributed by atoms with Crippen molar-refractivity contribution in [3.63, 3.8) is 0 Å². The van der Waals surface area contributed by atoms with Gasteiger partial charge in [0.15, 0.2) is 0 Å². The number of para-hydroxylation sites is 5. The molecule has 0 spiro atoms. The standard InChI is InChI=1S/C44H35N5O/c1-44(2,3)31-25-26-35(33(27-31)29-15-6-4-7-16-29)47-28-34(30-17-8-5-9-18-30)45-42(47)32-19-14-23-39-41(32)46-43-48(38-22-12-13-24-40(38)50)36-20-10-11-21-37(36)49(39)43/h4-28,34H,1-3H3/p+1. The van der Waals surface area contributed by atoms with Crippen molar-refractivity contribution in [3.05, 3.63) is 162 Å². The van der Waals surface area contributed by atoms with Crippen LogP contribution >= 0.6 is 0 Å². The average Bonchev–Trinajstić information content (AvgIpc) is 3.84. The number of aliphatic imine (C=N–C) groups is 1. The summed E-state index contributed by atoms with van der Waals surface area (Å²) in [6, 6.07) is 49.7. The van der Waals surface area contributed by atoms with E-state index in [-0.39, 0.29) is 17.2 Å². The van der Waals surface area contributed by atoms with Crippen LogP contribution in [0.3, 0.4) is 0 Å². The minimum Gasteiger partial charge on any atom is -0.506 e. The smallest absolute Gasteiger partial charge is 0.333 e. The summed E-state index contributed by atoms with van der Waals surface area (Å²) in [5.74, 6) is 1.76. The third kappa shape index (κ3) is 4.75. The molecule has 0 fully saturated rings. The Labute approximate surface area is 290 Å². The van der Waals surface area contributed by atoms with Gasteiger partial charge in [0.25, 0.3) is 0 Å². The Hall–Kier alpha value is -6.27. The van der Waals surface area contributed by atoms with Crippen molar-refractivity contribution in [2.24, 2.45) is 4.99 Å². The molecule has 1 aliphatic rings. The number of phenols is 1. The van der Waals surface area contributed by atoms with Crippen LogP contribution in [-0.4, -0.2) is 35.7 Å².